The number of fused-ring (bicyclic) bond motifs is 1. The number of halogens is 2. The fraction of sp³-hybridized carbons (Fsp3) is 0.167. The molecule has 4 aromatic rings. The summed E-state index contributed by atoms with van der Waals surface area (Å²) >= 11 is 10.0. The maximum absolute atomic E-state index is 12.2. The molecule has 0 N–H and O–H groups in total. The van der Waals surface area contributed by atoms with E-state index in [0.29, 0.717) is 11.1 Å². The number of thiophene rings is 2. The van der Waals surface area contributed by atoms with Crippen LogP contribution in [0.2, 0.25) is 0 Å². The second-order valence-electron chi connectivity index (χ2n) is 6.31. The Morgan fingerprint density at radius 2 is 1.06 bits per heavy atom. The van der Waals surface area contributed by atoms with E-state index in [0.717, 1.165) is 39.2 Å². The summed E-state index contributed by atoms with van der Waals surface area (Å²) in [6, 6.07) is 15.3. The quantitative estimate of drug-likeness (QED) is 0.222. The van der Waals surface area contributed by atoms with Gasteiger partial charge in [-0.2, -0.15) is 0 Å². The van der Waals surface area contributed by atoms with Crippen LogP contribution in [0.4, 0.5) is 0 Å². The van der Waals surface area contributed by atoms with E-state index >= 15 is 0 Å². The van der Waals surface area contributed by atoms with Crippen molar-refractivity contribution in [3.05, 3.63) is 68.6 Å². The summed E-state index contributed by atoms with van der Waals surface area (Å²) in [5.41, 5.74) is 2.70. The summed E-state index contributed by atoms with van der Waals surface area (Å²) in [6.45, 7) is 4.00. The van der Waals surface area contributed by atoms with E-state index in [9.17, 15) is 9.59 Å². The first kappa shape index (κ1) is 24.6. The Morgan fingerprint density at radius 3 is 1.41 bits per heavy atom. The standard InChI is InChI=1S/C22H14Br2O4S2.C2H6/c1-27-21(25)15-7-11(23)3-5-13(15)17-9-19-20(29-17)10-18(30-19)14-6-4-12(24)8-16(14)22(26)28-2;1-2/h3-10H,1-2H3;1-2H3. The number of benzene rings is 2. The van der Waals surface area contributed by atoms with Gasteiger partial charge in [-0.15, -0.1) is 22.7 Å². The number of carbonyl (C=O) groups excluding carboxylic acids is 2. The monoisotopic (exact) mass is 594 g/mol. The maximum Gasteiger partial charge on any atom is 0.338 e. The number of hydrogen-bond acceptors (Lipinski definition) is 6. The molecule has 0 unspecified atom stereocenters. The normalized spacial score (nSPS) is 10.4. The molecule has 8 heteroatoms. The molecule has 4 nitrogen and oxygen atoms in total. The molecule has 0 saturated carbocycles. The molecule has 2 heterocycles. The van der Waals surface area contributed by atoms with Crippen molar-refractivity contribution < 1.29 is 19.1 Å². The fourth-order valence-electron chi connectivity index (χ4n) is 3.12. The van der Waals surface area contributed by atoms with E-state index in [2.05, 4.69) is 44.0 Å². The third-order valence-electron chi connectivity index (χ3n) is 4.51. The van der Waals surface area contributed by atoms with Crippen molar-refractivity contribution in [3.63, 3.8) is 0 Å². The zero-order valence-corrected chi connectivity index (χ0v) is 22.6. The number of rotatable bonds is 4. The van der Waals surface area contributed by atoms with Crippen molar-refractivity contribution in [2.24, 2.45) is 0 Å². The highest BCUT2D eigenvalue weighted by atomic mass is 79.9. The van der Waals surface area contributed by atoms with Crippen LogP contribution in [0.1, 0.15) is 34.6 Å². The molecule has 0 amide bonds. The molecule has 0 bridgehead atoms. The zero-order chi connectivity index (χ0) is 23.4. The molecule has 0 atom stereocenters. The number of hydrogen-bond donors (Lipinski definition) is 0. The highest BCUT2D eigenvalue weighted by molar-refractivity contribution is 9.10. The molecule has 0 spiro atoms. The Balaban J connectivity index is 0.00000141. The number of methoxy groups -OCH3 is 2. The lowest BCUT2D eigenvalue weighted by Gasteiger charge is -2.07. The summed E-state index contributed by atoms with van der Waals surface area (Å²) in [5.74, 6) is -0.748. The van der Waals surface area contributed by atoms with Gasteiger partial charge in [0.15, 0.2) is 0 Å². The molecular weight excluding hydrogens is 576 g/mol. The van der Waals surface area contributed by atoms with Gasteiger partial charge in [-0.3, -0.25) is 0 Å². The summed E-state index contributed by atoms with van der Waals surface area (Å²) in [6.07, 6.45) is 0. The van der Waals surface area contributed by atoms with Gasteiger partial charge >= 0.3 is 11.9 Å². The molecule has 166 valence electrons. The van der Waals surface area contributed by atoms with Crippen LogP contribution in [0.15, 0.2) is 57.5 Å². The Morgan fingerprint density at radius 1 is 0.688 bits per heavy atom. The number of carbonyl (C=O) groups is 2. The first-order chi connectivity index (χ1) is 15.4. The Labute approximate surface area is 211 Å². The largest absolute Gasteiger partial charge is 0.465 e. The fourth-order valence-corrected chi connectivity index (χ4v) is 6.32. The average molecular weight is 596 g/mol. The lowest BCUT2D eigenvalue weighted by molar-refractivity contribution is 0.0592. The zero-order valence-electron chi connectivity index (χ0n) is 17.8. The van der Waals surface area contributed by atoms with Crippen molar-refractivity contribution >= 4 is 75.9 Å². The van der Waals surface area contributed by atoms with Crippen LogP contribution in [0.25, 0.3) is 30.3 Å². The van der Waals surface area contributed by atoms with Gasteiger partial charge in [-0.25, -0.2) is 9.59 Å². The van der Waals surface area contributed by atoms with Crippen molar-refractivity contribution in [2.75, 3.05) is 14.2 Å². The van der Waals surface area contributed by atoms with Crippen LogP contribution >= 0.6 is 54.5 Å². The van der Waals surface area contributed by atoms with Gasteiger partial charge in [0.2, 0.25) is 0 Å². The minimum absolute atomic E-state index is 0.374. The van der Waals surface area contributed by atoms with E-state index in [4.69, 9.17) is 9.47 Å². The Bertz CT molecular complexity index is 1160. The van der Waals surface area contributed by atoms with Crippen LogP contribution in [0, 0.1) is 0 Å². The molecule has 0 fully saturated rings. The molecule has 4 rings (SSSR count). The van der Waals surface area contributed by atoms with Crippen molar-refractivity contribution in [1.82, 2.24) is 0 Å². The van der Waals surface area contributed by atoms with Crippen LogP contribution in [-0.4, -0.2) is 26.2 Å². The first-order valence-electron chi connectivity index (χ1n) is 9.71. The van der Waals surface area contributed by atoms with Crippen LogP contribution in [0.3, 0.4) is 0 Å². The molecule has 0 aliphatic heterocycles. The molecule has 2 aromatic carbocycles. The number of esters is 2. The minimum Gasteiger partial charge on any atom is -0.465 e. The lowest BCUT2D eigenvalue weighted by Crippen LogP contribution is -2.03. The van der Waals surface area contributed by atoms with E-state index in [1.807, 2.05) is 38.1 Å². The van der Waals surface area contributed by atoms with Gasteiger partial charge in [-0.05, 0) is 36.4 Å². The minimum atomic E-state index is -0.374. The third-order valence-corrected chi connectivity index (χ3v) is 7.86. The molecule has 0 aliphatic carbocycles. The van der Waals surface area contributed by atoms with Crippen LogP contribution in [0.5, 0.6) is 0 Å². The van der Waals surface area contributed by atoms with Gasteiger partial charge in [-0.1, -0.05) is 57.8 Å². The van der Waals surface area contributed by atoms with Crippen molar-refractivity contribution in [3.8, 4) is 20.9 Å². The topological polar surface area (TPSA) is 52.6 Å². The second-order valence-corrected chi connectivity index (χ2v) is 10.3. The second kappa shape index (κ2) is 10.7. The SMILES string of the molecule is CC.COC(=O)c1cc(Br)ccc1-c1cc2sc(-c3ccc(Br)cc3C(=O)OC)cc2s1. The maximum atomic E-state index is 12.2. The van der Waals surface area contributed by atoms with Crippen LogP contribution in [-0.2, 0) is 9.47 Å². The average Bonchev–Trinajstić information content (AvgIpc) is 3.38. The molecular formula is C24H20Br2O4S2. The van der Waals surface area contributed by atoms with E-state index in [-0.39, 0.29) is 11.9 Å². The highest BCUT2D eigenvalue weighted by Gasteiger charge is 2.19. The summed E-state index contributed by atoms with van der Waals surface area (Å²) < 4.78 is 13.7. The molecule has 32 heavy (non-hydrogen) atoms. The highest BCUT2D eigenvalue weighted by Crippen LogP contribution is 2.43. The molecule has 2 aromatic heterocycles. The van der Waals surface area contributed by atoms with Crippen molar-refractivity contribution in [2.45, 2.75) is 13.8 Å². The van der Waals surface area contributed by atoms with Gasteiger partial charge in [0.25, 0.3) is 0 Å². The predicted molar refractivity (Wildman–Crippen MR) is 140 cm³/mol. The van der Waals surface area contributed by atoms with Gasteiger partial charge in [0.05, 0.1) is 25.3 Å². The van der Waals surface area contributed by atoms with Crippen molar-refractivity contribution in [1.29, 1.82) is 0 Å². The summed E-state index contributed by atoms with van der Waals surface area (Å²) in [7, 11) is 2.76. The Hall–Kier alpha value is -2.00. The van der Waals surface area contributed by atoms with Gasteiger partial charge < -0.3 is 9.47 Å². The lowest BCUT2D eigenvalue weighted by atomic mass is 10.1. The van der Waals surface area contributed by atoms with E-state index < -0.39 is 0 Å². The molecule has 0 aliphatic rings. The smallest absolute Gasteiger partial charge is 0.338 e. The Kier molecular flexibility index (Phi) is 8.27. The molecule has 0 radical (unpaired) electrons. The third kappa shape index (κ3) is 4.98. The summed E-state index contributed by atoms with van der Waals surface area (Å²) in [5, 5.41) is 0. The first-order valence-corrected chi connectivity index (χ1v) is 12.9. The van der Waals surface area contributed by atoms with E-state index in [1.165, 1.54) is 14.2 Å². The number of ether oxygens (including phenoxy) is 2. The predicted octanol–water partition coefficient (Wildman–Crippen LogP) is 8.42. The van der Waals surface area contributed by atoms with Gasteiger partial charge in [0.1, 0.15) is 0 Å². The van der Waals surface area contributed by atoms with Gasteiger partial charge in [0, 0.05) is 39.2 Å². The van der Waals surface area contributed by atoms with Crippen LogP contribution < -0.4 is 0 Å². The molecule has 0 saturated heterocycles. The summed E-state index contributed by atoms with van der Waals surface area (Å²) in [4.78, 5) is 26.4. The van der Waals surface area contributed by atoms with E-state index in [1.54, 1.807) is 34.8 Å².